The van der Waals surface area contributed by atoms with Gasteiger partial charge in [-0.2, -0.15) is 0 Å². The Labute approximate surface area is 219 Å². The lowest BCUT2D eigenvalue weighted by molar-refractivity contribution is -0.141. The maximum atomic E-state index is 13.4. The number of nitrogens with zero attached hydrogens (tertiary/aromatic N) is 2. The molecule has 2 aromatic rings. The number of hydrogen-bond acceptors (Lipinski definition) is 5. The van der Waals surface area contributed by atoms with E-state index in [1.807, 2.05) is 32.9 Å². The number of nitrogens with one attached hydrogen (secondary N) is 1. The van der Waals surface area contributed by atoms with Gasteiger partial charge < -0.3 is 15.0 Å². The number of carbonyl (C=O) groups is 2. The zero-order valence-corrected chi connectivity index (χ0v) is 23.3. The SMILES string of the molecule is COc1cccc(N(CCCC(=O)N(Cc2ccccc2Cl)[C@H](C)C(=O)NC(C)(C)C)S(C)(=O)=O)c1. The third kappa shape index (κ3) is 8.71. The summed E-state index contributed by atoms with van der Waals surface area (Å²) in [6, 6.07) is 13.1. The molecule has 2 amide bonds. The molecule has 0 bridgehead atoms. The number of halogens is 1. The molecule has 1 N–H and O–H groups in total. The fraction of sp³-hybridized carbons (Fsp3) is 0.462. The topological polar surface area (TPSA) is 96.0 Å². The van der Waals surface area contributed by atoms with Gasteiger partial charge in [0.05, 0.1) is 19.1 Å². The van der Waals surface area contributed by atoms with Crippen molar-refractivity contribution < 1.29 is 22.7 Å². The van der Waals surface area contributed by atoms with Crippen molar-refractivity contribution in [2.24, 2.45) is 0 Å². The van der Waals surface area contributed by atoms with Gasteiger partial charge >= 0.3 is 0 Å². The molecule has 0 spiro atoms. The molecule has 198 valence electrons. The van der Waals surface area contributed by atoms with Crippen LogP contribution >= 0.6 is 11.6 Å². The van der Waals surface area contributed by atoms with Crippen LogP contribution in [0.15, 0.2) is 48.5 Å². The molecular formula is C26H36ClN3O5S. The first kappa shape index (κ1) is 29.5. The molecule has 0 aliphatic heterocycles. The molecule has 0 aliphatic carbocycles. The minimum atomic E-state index is -3.59. The van der Waals surface area contributed by atoms with Gasteiger partial charge in [-0.05, 0) is 57.9 Å². The first-order valence-electron chi connectivity index (χ1n) is 11.7. The Hall–Kier alpha value is -2.78. The van der Waals surface area contributed by atoms with Crippen LogP contribution in [-0.4, -0.2) is 56.6 Å². The van der Waals surface area contributed by atoms with Crippen molar-refractivity contribution in [3.8, 4) is 5.75 Å². The second-order valence-electron chi connectivity index (χ2n) is 9.67. The molecule has 8 nitrogen and oxygen atoms in total. The van der Waals surface area contributed by atoms with Gasteiger partial charge in [-0.3, -0.25) is 13.9 Å². The highest BCUT2D eigenvalue weighted by Gasteiger charge is 2.29. The highest BCUT2D eigenvalue weighted by atomic mass is 35.5. The van der Waals surface area contributed by atoms with Crippen LogP contribution in [0.3, 0.4) is 0 Å². The number of sulfonamides is 1. The van der Waals surface area contributed by atoms with E-state index < -0.39 is 21.6 Å². The normalized spacial score (nSPS) is 12.5. The monoisotopic (exact) mass is 537 g/mol. The first-order valence-corrected chi connectivity index (χ1v) is 13.9. The van der Waals surface area contributed by atoms with Gasteiger partial charge in [0.2, 0.25) is 21.8 Å². The Kier molecular flexibility index (Phi) is 10.2. The van der Waals surface area contributed by atoms with E-state index in [0.29, 0.717) is 16.5 Å². The average molecular weight is 538 g/mol. The average Bonchev–Trinajstić information content (AvgIpc) is 2.78. The van der Waals surface area contributed by atoms with E-state index in [9.17, 15) is 18.0 Å². The lowest BCUT2D eigenvalue weighted by Gasteiger charge is -2.32. The Balaban J connectivity index is 2.21. The van der Waals surface area contributed by atoms with Crippen molar-refractivity contribution in [3.63, 3.8) is 0 Å². The zero-order valence-electron chi connectivity index (χ0n) is 21.7. The molecule has 0 aromatic heterocycles. The smallest absolute Gasteiger partial charge is 0.242 e. The first-order chi connectivity index (χ1) is 16.7. The molecule has 0 aliphatic rings. The molecule has 0 saturated heterocycles. The Morgan fingerprint density at radius 2 is 1.78 bits per heavy atom. The second-order valence-corrected chi connectivity index (χ2v) is 12.0. The maximum absolute atomic E-state index is 13.4. The van der Waals surface area contributed by atoms with Gasteiger partial charge in [0, 0.05) is 36.1 Å². The van der Waals surface area contributed by atoms with Crippen molar-refractivity contribution >= 4 is 39.1 Å². The maximum Gasteiger partial charge on any atom is 0.242 e. The predicted molar refractivity (Wildman–Crippen MR) is 144 cm³/mol. The number of ether oxygens (including phenoxy) is 1. The second kappa shape index (κ2) is 12.5. The van der Waals surface area contributed by atoms with Crippen LogP contribution in [-0.2, 0) is 26.2 Å². The summed E-state index contributed by atoms with van der Waals surface area (Å²) >= 11 is 6.33. The molecule has 0 heterocycles. The van der Waals surface area contributed by atoms with E-state index in [2.05, 4.69) is 5.32 Å². The van der Waals surface area contributed by atoms with Gasteiger partial charge in [-0.1, -0.05) is 35.9 Å². The van der Waals surface area contributed by atoms with E-state index in [0.717, 1.165) is 11.8 Å². The summed E-state index contributed by atoms with van der Waals surface area (Å²) in [5.74, 6) is -0.0237. The Morgan fingerprint density at radius 1 is 1.11 bits per heavy atom. The van der Waals surface area contributed by atoms with Crippen molar-refractivity contribution in [3.05, 3.63) is 59.1 Å². The third-order valence-electron chi connectivity index (χ3n) is 5.46. The van der Waals surface area contributed by atoms with E-state index in [1.54, 1.807) is 43.3 Å². The van der Waals surface area contributed by atoms with Gasteiger partial charge in [0.25, 0.3) is 0 Å². The lowest BCUT2D eigenvalue weighted by atomic mass is 10.1. The van der Waals surface area contributed by atoms with Crippen molar-refractivity contribution in [2.75, 3.05) is 24.2 Å². The van der Waals surface area contributed by atoms with Crippen LogP contribution in [0.2, 0.25) is 5.02 Å². The molecule has 10 heteroatoms. The highest BCUT2D eigenvalue weighted by molar-refractivity contribution is 7.92. The molecule has 0 unspecified atom stereocenters. The fourth-order valence-electron chi connectivity index (χ4n) is 3.64. The highest BCUT2D eigenvalue weighted by Crippen LogP contribution is 2.24. The summed E-state index contributed by atoms with van der Waals surface area (Å²) in [5.41, 5.74) is 0.712. The van der Waals surface area contributed by atoms with E-state index in [-0.39, 0.29) is 37.7 Å². The molecular weight excluding hydrogens is 502 g/mol. The molecule has 1 atom stereocenters. The van der Waals surface area contributed by atoms with Gasteiger partial charge in [0.1, 0.15) is 11.8 Å². The number of benzene rings is 2. The number of hydrogen-bond donors (Lipinski definition) is 1. The quantitative estimate of drug-likeness (QED) is 0.463. The van der Waals surface area contributed by atoms with Crippen LogP contribution in [0.4, 0.5) is 5.69 Å². The van der Waals surface area contributed by atoms with E-state index in [1.165, 1.54) is 16.3 Å². The zero-order chi connectivity index (χ0) is 27.1. The molecule has 2 rings (SSSR count). The lowest BCUT2D eigenvalue weighted by Crippen LogP contribution is -2.52. The van der Waals surface area contributed by atoms with Crippen LogP contribution < -0.4 is 14.4 Å². The van der Waals surface area contributed by atoms with Crippen LogP contribution in [0.1, 0.15) is 46.1 Å². The number of amides is 2. The molecule has 0 saturated carbocycles. The van der Waals surface area contributed by atoms with E-state index in [4.69, 9.17) is 16.3 Å². The minimum absolute atomic E-state index is 0.0492. The molecule has 2 aromatic carbocycles. The minimum Gasteiger partial charge on any atom is -0.497 e. The summed E-state index contributed by atoms with van der Waals surface area (Å²) < 4.78 is 31.4. The fourth-order valence-corrected chi connectivity index (χ4v) is 4.79. The van der Waals surface area contributed by atoms with Crippen molar-refractivity contribution in [2.45, 2.75) is 58.7 Å². The van der Waals surface area contributed by atoms with Gasteiger partial charge in [-0.15, -0.1) is 0 Å². The number of rotatable bonds is 11. The van der Waals surface area contributed by atoms with Crippen molar-refractivity contribution in [1.29, 1.82) is 0 Å². The van der Waals surface area contributed by atoms with Crippen LogP contribution in [0.25, 0.3) is 0 Å². The summed E-state index contributed by atoms with van der Waals surface area (Å²) in [7, 11) is -2.09. The number of carbonyl (C=O) groups excluding carboxylic acids is 2. The number of anilines is 1. The summed E-state index contributed by atoms with van der Waals surface area (Å²) in [6.07, 6.45) is 1.43. The molecule has 36 heavy (non-hydrogen) atoms. The summed E-state index contributed by atoms with van der Waals surface area (Å²) in [6.45, 7) is 7.54. The van der Waals surface area contributed by atoms with Crippen molar-refractivity contribution in [1.82, 2.24) is 10.2 Å². The summed E-state index contributed by atoms with van der Waals surface area (Å²) in [4.78, 5) is 27.7. The van der Waals surface area contributed by atoms with Crippen LogP contribution in [0.5, 0.6) is 5.75 Å². The largest absolute Gasteiger partial charge is 0.497 e. The number of methoxy groups -OCH3 is 1. The summed E-state index contributed by atoms with van der Waals surface area (Å²) in [5, 5.41) is 3.42. The molecule has 0 radical (unpaired) electrons. The van der Waals surface area contributed by atoms with E-state index >= 15 is 0 Å². The Bertz CT molecular complexity index is 1160. The predicted octanol–water partition coefficient (Wildman–Crippen LogP) is 4.23. The third-order valence-corrected chi connectivity index (χ3v) is 7.02. The van der Waals surface area contributed by atoms with Gasteiger partial charge in [0.15, 0.2) is 0 Å². The van der Waals surface area contributed by atoms with Crippen LogP contribution in [0, 0.1) is 0 Å². The van der Waals surface area contributed by atoms with Gasteiger partial charge in [-0.25, -0.2) is 8.42 Å². The standard InChI is InChI=1S/C26H36ClN3O5S/c1-19(25(32)28-26(2,3)4)29(18-20-11-7-8-14-23(20)27)24(31)15-10-16-30(36(6,33)34)21-12-9-13-22(17-21)35-5/h7-9,11-14,17,19H,10,15-16,18H2,1-6H3,(H,28,32)/t19-/m1/s1. The Morgan fingerprint density at radius 3 is 2.36 bits per heavy atom. The molecule has 0 fully saturated rings.